The molecule has 0 saturated carbocycles. The summed E-state index contributed by atoms with van der Waals surface area (Å²) in [5, 5.41) is 12.6. The molecule has 0 bridgehead atoms. The van der Waals surface area contributed by atoms with E-state index >= 15 is 0 Å². The van der Waals surface area contributed by atoms with Crippen molar-refractivity contribution < 1.29 is 0 Å². The molecule has 2 aromatic heterocycles. The molecule has 4 aromatic rings. The van der Waals surface area contributed by atoms with Crippen LogP contribution in [0.5, 0.6) is 0 Å². The van der Waals surface area contributed by atoms with Crippen LogP contribution < -0.4 is 16.5 Å². The number of para-hydroxylation sites is 1. The van der Waals surface area contributed by atoms with Crippen LogP contribution in [0, 0.1) is 12.3 Å². The number of fused-ring (bicyclic) bond motifs is 1. The van der Waals surface area contributed by atoms with Gasteiger partial charge in [0.25, 0.3) is 0 Å². The number of aryl methyl sites for hydroxylation is 1. The maximum absolute atomic E-state index is 12.8. The smallest absolute Gasteiger partial charge is 0.324 e. The van der Waals surface area contributed by atoms with Gasteiger partial charge in [0.05, 0.1) is 21.1 Å². The second-order valence-electron chi connectivity index (χ2n) is 7.64. The third-order valence-corrected chi connectivity index (χ3v) is 5.56. The quantitative estimate of drug-likeness (QED) is 0.409. The molecule has 4 rings (SSSR count). The topological polar surface area (TPSA) is 103 Å². The summed E-state index contributed by atoms with van der Waals surface area (Å²) in [6.07, 6.45) is 1.49. The van der Waals surface area contributed by atoms with Crippen molar-refractivity contribution in [2.24, 2.45) is 0 Å². The van der Waals surface area contributed by atoms with Gasteiger partial charge in [-0.25, -0.2) is 14.3 Å². The zero-order valence-corrected chi connectivity index (χ0v) is 19.2. The van der Waals surface area contributed by atoms with E-state index in [0.29, 0.717) is 11.3 Å². The molecule has 0 fully saturated rings. The van der Waals surface area contributed by atoms with Crippen LogP contribution in [0.2, 0.25) is 10.0 Å². The standard InChI is InChI=1S/C22H21Cl2N7O/c1-12-7-8-14(9-13(12)11-30(2)3)27-21-26-10-15-19(25)31(22(32)29-20(15)28-21)18-16(23)5-4-6-17(18)24/h4-10,25H,11H2,1-3H3,(H2,26,27,28,29,32). The molecule has 0 aliphatic rings. The fourth-order valence-corrected chi connectivity index (χ4v) is 3.96. The number of anilines is 2. The first-order valence-electron chi connectivity index (χ1n) is 9.77. The zero-order valence-electron chi connectivity index (χ0n) is 17.7. The number of halogens is 2. The second kappa shape index (κ2) is 8.74. The largest absolute Gasteiger partial charge is 0.333 e. The number of hydrogen-bond acceptors (Lipinski definition) is 6. The van der Waals surface area contributed by atoms with Gasteiger partial charge in [-0.05, 0) is 56.4 Å². The van der Waals surface area contributed by atoms with Crippen LogP contribution in [0.15, 0.2) is 47.4 Å². The molecule has 0 unspecified atom stereocenters. The lowest BCUT2D eigenvalue weighted by molar-refractivity contribution is 0.401. The first-order chi connectivity index (χ1) is 15.2. The zero-order chi connectivity index (χ0) is 23.0. The molecule has 2 heterocycles. The van der Waals surface area contributed by atoms with Gasteiger partial charge in [-0.1, -0.05) is 35.3 Å². The highest BCUT2D eigenvalue weighted by Gasteiger charge is 2.15. The molecule has 164 valence electrons. The Balaban J connectivity index is 1.75. The SMILES string of the molecule is Cc1ccc(Nc2ncc3c(=N)n(-c4c(Cl)cccc4Cl)c(=O)[nH]c3n2)cc1CN(C)C. The molecule has 32 heavy (non-hydrogen) atoms. The molecule has 0 atom stereocenters. The van der Waals surface area contributed by atoms with Gasteiger partial charge in [0.1, 0.15) is 5.49 Å². The minimum atomic E-state index is -0.578. The molecule has 8 nitrogen and oxygen atoms in total. The normalized spacial score (nSPS) is 11.3. The molecule has 3 N–H and O–H groups in total. The van der Waals surface area contributed by atoms with Crippen LogP contribution in [-0.4, -0.2) is 38.5 Å². The third kappa shape index (κ3) is 4.25. The van der Waals surface area contributed by atoms with Gasteiger partial charge in [-0.3, -0.25) is 10.4 Å². The van der Waals surface area contributed by atoms with Crippen molar-refractivity contribution >= 4 is 45.9 Å². The van der Waals surface area contributed by atoms with E-state index in [1.54, 1.807) is 18.2 Å². The van der Waals surface area contributed by atoms with Crippen LogP contribution in [-0.2, 0) is 6.54 Å². The number of H-pyrrole nitrogens is 1. The van der Waals surface area contributed by atoms with Gasteiger partial charge in [0.2, 0.25) is 5.95 Å². The molecular formula is C22H21Cl2N7O. The van der Waals surface area contributed by atoms with E-state index in [1.165, 1.54) is 17.3 Å². The first-order valence-corrected chi connectivity index (χ1v) is 10.5. The summed E-state index contributed by atoms with van der Waals surface area (Å²) >= 11 is 12.5. The van der Waals surface area contributed by atoms with Crippen LogP contribution in [0.4, 0.5) is 11.6 Å². The number of nitrogens with zero attached hydrogens (tertiary/aromatic N) is 4. The van der Waals surface area contributed by atoms with Crippen molar-refractivity contribution in [3.8, 4) is 5.69 Å². The van der Waals surface area contributed by atoms with E-state index < -0.39 is 5.69 Å². The lowest BCUT2D eigenvalue weighted by Crippen LogP contribution is -2.34. The molecule has 0 aliphatic heterocycles. The number of nitrogens with one attached hydrogen (secondary N) is 3. The Hall–Kier alpha value is -3.20. The van der Waals surface area contributed by atoms with E-state index in [1.807, 2.05) is 32.3 Å². The van der Waals surface area contributed by atoms with Crippen molar-refractivity contribution in [2.45, 2.75) is 13.5 Å². The maximum atomic E-state index is 12.8. The molecule has 0 amide bonds. The van der Waals surface area contributed by atoms with Gasteiger partial charge in [0.15, 0.2) is 5.65 Å². The summed E-state index contributed by atoms with van der Waals surface area (Å²) in [6.45, 7) is 2.87. The highest BCUT2D eigenvalue weighted by molar-refractivity contribution is 6.37. The number of benzene rings is 2. The lowest BCUT2D eigenvalue weighted by Gasteiger charge is -2.14. The van der Waals surface area contributed by atoms with Crippen molar-refractivity contribution in [2.75, 3.05) is 19.4 Å². The van der Waals surface area contributed by atoms with E-state index in [0.717, 1.165) is 16.8 Å². The van der Waals surface area contributed by atoms with E-state index in [9.17, 15) is 4.79 Å². The monoisotopic (exact) mass is 469 g/mol. The minimum absolute atomic E-state index is 0.117. The summed E-state index contributed by atoms with van der Waals surface area (Å²) in [5.41, 5.74) is 2.97. The van der Waals surface area contributed by atoms with Crippen LogP contribution in [0.3, 0.4) is 0 Å². The van der Waals surface area contributed by atoms with Gasteiger partial charge in [-0.15, -0.1) is 0 Å². The van der Waals surface area contributed by atoms with E-state index in [2.05, 4.69) is 32.1 Å². The van der Waals surface area contributed by atoms with Crippen LogP contribution >= 0.6 is 23.2 Å². The van der Waals surface area contributed by atoms with Crippen molar-refractivity contribution in [3.05, 3.63) is 79.7 Å². The second-order valence-corrected chi connectivity index (χ2v) is 8.46. The molecule has 10 heteroatoms. The maximum Gasteiger partial charge on any atom is 0.333 e. The van der Waals surface area contributed by atoms with Gasteiger partial charge in [-0.2, -0.15) is 4.98 Å². The predicted molar refractivity (Wildman–Crippen MR) is 127 cm³/mol. The highest BCUT2D eigenvalue weighted by atomic mass is 35.5. The Labute approximate surface area is 194 Å². The molecule has 0 saturated heterocycles. The summed E-state index contributed by atoms with van der Waals surface area (Å²) < 4.78 is 1.11. The Morgan fingerprint density at radius 2 is 1.91 bits per heavy atom. The average Bonchev–Trinajstić information content (AvgIpc) is 2.72. The number of rotatable bonds is 5. The molecule has 0 spiro atoms. The van der Waals surface area contributed by atoms with Gasteiger partial charge < -0.3 is 10.2 Å². The average molecular weight is 470 g/mol. The Bertz CT molecular complexity index is 1420. The minimum Gasteiger partial charge on any atom is -0.324 e. The molecule has 0 aliphatic carbocycles. The van der Waals surface area contributed by atoms with Gasteiger partial charge in [0, 0.05) is 18.4 Å². The third-order valence-electron chi connectivity index (χ3n) is 4.95. The van der Waals surface area contributed by atoms with Gasteiger partial charge >= 0.3 is 5.69 Å². The summed E-state index contributed by atoms with van der Waals surface area (Å²) in [5.74, 6) is 0.306. The number of aromatic nitrogens is 4. The Morgan fingerprint density at radius 3 is 2.59 bits per heavy atom. The van der Waals surface area contributed by atoms with E-state index in [-0.39, 0.29) is 26.9 Å². The highest BCUT2D eigenvalue weighted by Crippen LogP contribution is 2.26. The molecular weight excluding hydrogens is 449 g/mol. The lowest BCUT2D eigenvalue weighted by atomic mass is 10.1. The molecule has 2 aromatic carbocycles. The number of hydrogen-bond donors (Lipinski definition) is 3. The predicted octanol–water partition coefficient (Wildman–Crippen LogP) is 4.01. The van der Waals surface area contributed by atoms with Crippen molar-refractivity contribution in [1.82, 2.24) is 24.4 Å². The van der Waals surface area contributed by atoms with Crippen molar-refractivity contribution in [3.63, 3.8) is 0 Å². The summed E-state index contributed by atoms with van der Waals surface area (Å²) in [4.78, 5) is 26.3. The van der Waals surface area contributed by atoms with Crippen LogP contribution in [0.25, 0.3) is 16.7 Å². The van der Waals surface area contributed by atoms with E-state index in [4.69, 9.17) is 28.6 Å². The number of aromatic amines is 1. The first kappa shape index (κ1) is 22.0. The Kier molecular flexibility index (Phi) is 6.01. The molecule has 0 radical (unpaired) electrons. The van der Waals surface area contributed by atoms with Crippen molar-refractivity contribution in [1.29, 1.82) is 5.41 Å². The van der Waals surface area contributed by atoms with Crippen LogP contribution in [0.1, 0.15) is 11.1 Å². The Morgan fingerprint density at radius 1 is 1.19 bits per heavy atom. The fraction of sp³-hybridized carbons (Fsp3) is 0.182. The summed E-state index contributed by atoms with van der Waals surface area (Å²) in [7, 11) is 4.03. The fourth-order valence-electron chi connectivity index (χ4n) is 3.40. The summed E-state index contributed by atoms with van der Waals surface area (Å²) in [6, 6.07) is 10.9.